The fourth-order valence-electron chi connectivity index (χ4n) is 2.66. The molecule has 0 radical (unpaired) electrons. The molecule has 1 saturated carbocycles. The Morgan fingerprint density at radius 3 is 2.29 bits per heavy atom. The Morgan fingerprint density at radius 2 is 1.94 bits per heavy atom. The summed E-state index contributed by atoms with van der Waals surface area (Å²) in [5.41, 5.74) is 1.65. The Kier molecular flexibility index (Phi) is 2.98. The second-order valence-corrected chi connectivity index (χ2v) is 5.68. The monoisotopic (exact) mass is 232 g/mol. The molecule has 0 amide bonds. The summed E-state index contributed by atoms with van der Waals surface area (Å²) in [6.07, 6.45) is 1.82. The molecule has 2 atom stereocenters. The minimum absolute atomic E-state index is 0.260. The molecule has 1 fully saturated rings. The molecule has 2 nitrogen and oxygen atoms in total. The molecule has 0 bridgehead atoms. The smallest absolute Gasteiger partial charge is 0.314 e. The minimum atomic E-state index is -0.679. The van der Waals surface area contributed by atoms with Gasteiger partial charge in [-0.15, -0.1) is 0 Å². The van der Waals surface area contributed by atoms with Crippen molar-refractivity contribution in [2.24, 2.45) is 11.8 Å². The average molecular weight is 232 g/mol. The molecule has 0 saturated heterocycles. The zero-order valence-electron chi connectivity index (χ0n) is 10.7. The van der Waals surface area contributed by atoms with E-state index in [2.05, 4.69) is 26.0 Å². The molecule has 1 N–H and O–H groups in total. The maximum Gasteiger partial charge on any atom is 0.314 e. The first-order valence-electron chi connectivity index (χ1n) is 6.29. The lowest BCUT2D eigenvalue weighted by atomic mass is 9.91. The van der Waals surface area contributed by atoms with Gasteiger partial charge in [0, 0.05) is 0 Å². The standard InChI is InChI=1S/C15H20O2/c1-10(2)8-12-4-6-13(7-5-12)15(14(16)17)9-11(15)3/h4-7,10-11H,8-9H2,1-3H3,(H,16,17). The van der Waals surface area contributed by atoms with Crippen molar-refractivity contribution >= 4 is 5.97 Å². The van der Waals surface area contributed by atoms with Crippen molar-refractivity contribution in [2.75, 3.05) is 0 Å². The molecule has 2 unspecified atom stereocenters. The van der Waals surface area contributed by atoms with Crippen molar-refractivity contribution in [1.29, 1.82) is 0 Å². The maximum absolute atomic E-state index is 11.4. The van der Waals surface area contributed by atoms with E-state index in [4.69, 9.17) is 0 Å². The predicted molar refractivity (Wildman–Crippen MR) is 68.1 cm³/mol. The molecule has 17 heavy (non-hydrogen) atoms. The van der Waals surface area contributed by atoms with Crippen LogP contribution >= 0.6 is 0 Å². The van der Waals surface area contributed by atoms with Gasteiger partial charge in [-0.05, 0) is 35.8 Å². The molecule has 2 rings (SSSR count). The number of carboxylic acids is 1. The Labute approximate surface area is 103 Å². The van der Waals surface area contributed by atoms with Crippen LogP contribution in [0.3, 0.4) is 0 Å². The normalized spacial score (nSPS) is 27.2. The first-order valence-corrected chi connectivity index (χ1v) is 6.29. The molecule has 0 heterocycles. The predicted octanol–water partition coefficient (Wildman–Crippen LogP) is 3.25. The molecular formula is C15H20O2. The van der Waals surface area contributed by atoms with Crippen LogP contribution in [0.15, 0.2) is 24.3 Å². The molecule has 92 valence electrons. The van der Waals surface area contributed by atoms with Crippen LogP contribution in [0.25, 0.3) is 0 Å². The molecule has 1 aromatic carbocycles. The molecule has 1 aromatic rings. The van der Waals surface area contributed by atoms with Crippen molar-refractivity contribution in [3.8, 4) is 0 Å². The second kappa shape index (κ2) is 4.17. The third kappa shape index (κ3) is 2.08. The number of hydrogen-bond donors (Lipinski definition) is 1. The summed E-state index contributed by atoms with van der Waals surface area (Å²) in [4.78, 5) is 11.4. The quantitative estimate of drug-likeness (QED) is 0.865. The highest BCUT2D eigenvalue weighted by molar-refractivity contribution is 5.85. The summed E-state index contributed by atoms with van der Waals surface area (Å²) in [7, 11) is 0. The summed E-state index contributed by atoms with van der Waals surface area (Å²) < 4.78 is 0. The Bertz CT molecular complexity index is 419. The van der Waals surface area contributed by atoms with Gasteiger partial charge in [-0.2, -0.15) is 0 Å². The van der Waals surface area contributed by atoms with E-state index in [1.165, 1.54) is 5.56 Å². The Balaban J connectivity index is 2.21. The summed E-state index contributed by atoms with van der Waals surface area (Å²) in [5.74, 6) is 0.215. The van der Waals surface area contributed by atoms with Gasteiger partial charge in [-0.3, -0.25) is 4.79 Å². The highest BCUT2D eigenvalue weighted by Gasteiger charge is 2.58. The molecule has 0 spiro atoms. The fourth-order valence-corrected chi connectivity index (χ4v) is 2.66. The number of carboxylic acid groups (broad SMARTS) is 1. The van der Waals surface area contributed by atoms with Gasteiger partial charge >= 0.3 is 5.97 Å². The van der Waals surface area contributed by atoms with Gasteiger partial charge in [0.05, 0.1) is 5.41 Å². The van der Waals surface area contributed by atoms with Crippen molar-refractivity contribution < 1.29 is 9.90 Å². The topological polar surface area (TPSA) is 37.3 Å². The van der Waals surface area contributed by atoms with E-state index in [1.54, 1.807) is 0 Å². The molecular weight excluding hydrogens is 212 g/mol. The van der Waals surface area contributed by atoms with Crippen LogP contribution in [-0.4, -0.2) is 11.1 Å². The second-order valence-electron chi connectivity index (χ2n) is 5.68. The van der Waals surface area contributed by atoms with Crippen LogP contribution < -0.4 is 0 Å². The third-order valence-corrected chi connectivity index (χ3v) is 3.80. The highest BCUT2D eigenvalue weighted by atomic mass is 16.4. The fraction of sp³-hybridized carbons (Fsp3) is 0.533. The minimum Gasteiger partial charge on any atom is -0.481 e. The van der Waals surface area contributed by atoms with Gasteiger partial charge in [0.15, 0.2) is 0 Å². The highest BCUT2D eigenvalue weighted by Crippen LogP contribution is 2.54. The lowest BCUT2D eigenvalue weighted by Crippen LogP contribution is -2.21. The van der Waals surface area contributed by atoms with Gasteiger partial charge in [-0.25, -0.2) is 0 Å². The summed E-state index contributed by atoms with van der Waals surface area (Å²) in [6, 6.07) is 8.14. The average Bonchev–Trinajstić information content (AvgIpc) is 2.92. The summed E-state index contributed by atoms with van der Waals surface area (Å²) >= 11 is 0. The summed E-state index contributed by atoms with van der Waals surface area (Å²) in [6.45, 7) is 6.39. The zero-order chi connectivity index (χ0) is 12.6. The molecule has 1 aliphatic rings. The van der Waals surface area contributed by atoms with Crippen LogP contribution in [-0.2, 0) is 16.6 Å². The van der Waals surface area contributed by atoms with Crippen LogP contribution in [0.1, 0.15) is 38.3 Å². The van der Waals surface area contributed by atoms with E-state index < -0.39 is 11.4 Å². The van der Waals surface area contributed by atoms with Gasteiger partial charge < -0.3 is 5.11 Å². The molecule has 1 aliphatic carbocycles. The number of benzene rings is 1. The zero-order valence-corrected chi connectivity index (χ0v) is 10.7. The van der Waals surface area contributed by atoms with Gasteiger partial charge in [-0.1, -0.05) is 45.0 Å². The molecule has 0 aliphatic heterocycles. The van der Waals surface area contributed by atoms with Gasteiger partial charge in [0.1, 0.15) is 0 Å². The van der Waals surface area contributed by atoms with E-state index in [9.17, 15) is 9.90 Å². The number of rotatable bonds is 4. The maximum atomic E-state index is 11.4. The Hall–Kier alpha value is -1.31. The van der Waals surface area contributed by atoms with Crippen LogP contribution in [0.4, 0.5) is 0 Å². The van der Waals surface area contributed by atoms with Crippen molar-refractivity contribution in [2.45, 2.75) is 39.0 Å². The molecule has 2 heteroatoms. The van der Waals surface area contributed by atoms with E-state index >= 15 is 0 Å². The van der Waals surface area contributed by atoms with E-state index in [1.807, 2.05) is 19.1 Å². The largest absolute Gasteiger partial charge is 0.481 e. The van der Waals surface area contributed by atoms with Crippen LogP contribution in [0, 0.1) is 11.8 Å². The van der Waals surface area contributed by atoms with Crippen LogP contribution in [0.5, 0.6) is 0 Å². The number of hydrogen-bond acceptors (Lipinski definition) is 1. The SMILES string of the molecule is CC(C)Cc1ccc(C2(C(=O)O)CC2C)cc1. The lowest BCUT2D eigenvalue weighted by molar-refractivity contribution is -0.140. The first kappa shape index (κ1) is 12.2. The van der Waals surface area contributed by atoms with Crippen molar-refractivity contribution in [1.82, 2.24) is 0 Å². The van der Waals surface area contributed by atoms with Gasteiger partial charge in [0.2, 0.25) is 0 Å². The molecule has 0 aromatic heterocycles. The third-order valence-electron chi connectivity index (χ3n) is 3.80. The summed E-state index contributed by atoms with van der Waals surface area (Å²) in [5, 5.41) is 9.34. The van der Waals surface area contributed by atoms with Crippen molar-refractivity contribution in [3.05, 3.63) is 35.4 Å². The number of aliphatic carboxylic acids is 1. The lowest BCUT2D eigenvalue weighted by Gasteiger charge is -2.13. The first-order chi connectivity index (χ1) is 7.96. The Morgan fingerprint density at radius 1 is 1.41 bits per heavy atom. The van der Waals surface area contributed by atoms with Gasteiger partial charge in [0.25, 0.3) is 0 Å². The van der Waals surface area contributed by atoms with E-state index in [-0.39, 0.29) is 5.92 Å². The van der Waals surface area contributed by atoms with E-state index in [0.717, 1.165) is 18.4 Å². The van der Waals surface area contributed by atoms with Crippen molar-refractivity contribution in [3.63, 3.8) is 0 Å². The van der Waals surface area contributed by atoms with E-state index in [0.29, 0.717) is 5.92 Å². The number of carbonyl (C=O) groups is 1. The van der Waals surface area contributed by atoms with Crippen LogP contribution in [0.2, 0.25) is 0 Å².